The Hall–Kier alpha value is -2.72. The molecule has 2 aromatic rings. The van der Waals surface area contributed by atoms with E-state index in [2.05, 4.69) is 10.1 Å². The number of carbonyl (C=O) groups excluding carboxylic acids is 2. The molecule has 1 aliphatic rings. The summed E-state index contributed by atoms with van der Waals surface area (Å²) in [7, 11) is 0. The largest absolute Gasteiger partial charge is 0.573 e. The van der Waals surface area contributed by atoms with E-state index in [0.717, 1.165) is 29.5 Å². The van der Waals surface area contributed by atoms with Crippen LogP contribution in [0.2, 0.25) is 0 Å². The molecule has 154 valence electrons. The average Bonchev–Trinajstić information content (AvgIpc) is 2.97. The van der Waals surface area contributed by atoms with Crippen molar-refractivity contribution in [2.24, 2.45) is 0 Å². The van der Waals surface area contributed by atoms with E-state index in [-0.39, 0.29) is 23.5 Å². The second kappa shape index (κ2) is 8.75. The van der Waals surface area contributed by atoms with E-state index in [1.54, 1.807) is 24.3 Å². The van der Waals surface area contributed by atoms with E-state index in [0.29, 0.717) is 17.7 Å². The third-order valence-electron chi connectivity index (χ3n) is 4.02. The Morgan fingerprint density at radius 2 is 1.66 bits per heavy atom. The number of hydrogen-bond donors (Lipinski definition) is 2. The number of aliphatic hydroxyl groups is 1. The Kier molecular flexibility index (Phi) is 6.33. The molecule has 3 rings (SSSR count). The number of ether oxygens (including phenoxy) is 2. The molecule has 1 aliphatic heterocycles. The summed E-state index contributed by atoms with van der Waals surface area (Å²) in [4.78, 5) is 22.8. The molecule has 6 nitrogen and oxygen atoms in total. The van der Waals surface area contributed by atoms with Crippen LogP contribution in [0.3, 0.4) is 0 Å². The van der Waals surface area contributed by atoms with Crippen LogP contribution in [0.5, 0.6) is 11.5 Å². The summed E-state index contributed by atoms with van der Waals surface area (Å²) < 4.78 is 45.8. The Labute approximate surface area is 168 Å². The molecule has 0 radical (unpaired) electrons. The van der Waals surface area contributed by atoms with Gasteiger partial charge >= 0.3 is 6.36 Å². The molecule has 0 spiro atoms. The zero-order valence-electron chi connectivity index (χ0n) is 14.8. The third kappa shape index (κ3) is 6.13. The van der Waals surface area contributed by atoms with Gasteiger partial charge in [0.05, 0.1) is 5.25 Å². The minimum Gasteiger partial charge on any atom is -0.491 e. The van der Waals surface area contributed by atoms with Crippen molar-refractivity contribution in [3.8, 4) is 11.5 Å². The van der Waals surface area contributed by atoms with Crippen LogP contribution in [0, 0.1) is 0 Å². The highest BCUT2D eigenvalue weighted by molar-refractivity contribution is 8.15. The second-order valence-electron chi connectivity index (χ2n) is 6.17. The predicted octanol–water partition coefficient (Wildman–Crippen LogP) is 3.59. The maximum absolute atomic E-state index is 12.2. The highest BCUT2D eigenvalue weighted by Gasteiger charge is 2.32. The summed E-state index contributed by atoms with van der Waals surface area (Å²) in [5, 5.41) is 11.6. The van der Waals surface area contributed by atoms with Gasteiger partial charge in [0.1, 0.15) is 24.2 Å². The minimum atomic E-state index is -4.77. The minimum absolute atomic E-state index is 0.103. The van der Waals surface area contributed by atoms with Gasteiger partial charge in [0, 0.05) is 0 Å². The first-order valence-electron chi connectivity index (χ1n) is 8.46. The summed E-state index contributed by atoms with van der Waals surface area (Å²) in [6, 6.07) is 11.7. The number of aliphatic hydroxyl groups excluding tert-OH is 1. The molecule has 0 aromatic heterocycles. The third-order valence-corrected chi connectivity index (χ3v) is 5.00. The van der Waals surface area contributed by atoms with Crippen LogP contribution < -0.4 is 14.8 Å². The van der Waals surface area contributed by atoms with Crippen molar-refractivity contribution in [3.63, 3.8) is 0 Å². The molecule has 2 N–H and O–H groups in total. The van der Waals surface area contributed by atoms with Gasteiger partial charge in [-0.15, -0.1) is 13.2 Å². The maximum atomic E-state index is 12.2. The molecule has 1 heterocycles. The van der Waals surface area contributed by atoms with Gasteiger partial charge in [0.2, 0.25) is 5.91 Å². The zero-order valence-corrected chi connectivity index (χ0v) is 15.6. The second-order valence-corrected chi connectivity index (χ2v) is 7.35. The Morgan fingerprint density at radius 3 is 2.21 bits per heavy atom. The molecular formula is C19H16F3NO5S. The van der Waals surface area contributed by atoms with Crippen molar-refractivity contribution >= 4 is 22.9 Å². The quantitative estimate of drug-likeness (QED) is 0.703. The number of rotatable bonds is 7. The lowest BCUT2D eigenvalue weighted by molar-refractivity contribution is -0.274. The van der Waals surface area contributed by atoms with Gasteiger partial charge in [-0.25, -0.2) is 0 Å². The zero-order chi connectivity index (χ0) is 21.0. The van der Waals surface area contributed by atoms with E-state index in [1.165, 1.54) is 12.1 Å². The molecule has 0 bridgehead atoms. The molecule has 1 fully saturated rings. The lowest BCUT2D eigenvalue weighted by Crippen LogP contribution is -2.25. The molecule has 1 unspecified atom stereocenters. The Bertz CT molecular complexity index is 871. The van der Waals surface area contributed by atoms with Gasteiger partial charge in [-0.05, 0) is 41.8 Å². The van der Waals surface area contributed by atoms with Gasteiger partial charge in [-0.2, -0.15) is 0 Å². The number of alkyl halides is 3. The van der Waals surface area contributed by atoms with Gasteiger partial charge in [0.25, 0.3) is 5.24 Å². The summed E-state index contributed by atoms with van der Waals surface area (Å²) >= 11 is 0.953. The number of hydrogen-bond acceptors (Lipinski definition) is 6. The van der Waals surface area contributed by atoms with Crippen molar-refractivity contribution < 1.29 is 37.3 Å². The number of carbonyl (C=O) groups is 2. The highest BCUT2D eigenvalue weighted by Crippen LogP contribution is 2.26. The summed E-state index contributed by atoms with van der Waals surface area (Å²) in [5.41, 5.74) is 1.23. The van der Waals surface area contributed by atoms with Crippen LogP contribution in [0.1, 0.15) is 17.2 Å². The van der Waals surface area contributed by atoms with E-state index < -0.39 is 17.7 Å². The molecule has 2 amide bonds. The van der Waals surface area contributed by atoms with Crippen molar-refractivity contribution in [1.29, 1.82) is 0 Å². The van der Waals surface area contributed by atoms with Crippen LogP contribution >= 0.6 is 11.8 Å². The van der Waals surface area contributed by atoms with Crippen molar-refractivity contribution in [2.45, 2.75) is 24.1 Å². The molecule has 2 atom stereocenters. The van der Waals surface area contributed by atoms with E-state index in [1.807, 2.05) is 0 Å². The van der Waals surface area contributed by atoms with Gasteiger partial charge in [0.15, 0.2) is 0 Å². The molecule has 0 saturated carbocycles. The van der Waals surface area contributed by atoms with Gasteiger partial charge < -0.3 is 14.6 Å². The van der Waals surface area contributed by atoms with Gasteiger partial charge in [-0.1, -0.05) is 36.0 Å². The van der Waals surface area contributed by atoms with E-state index in [4.69, 9.17) is 4.74 Å². The summed E-state index contributed by atoms with van der Waals surface area (Å²) in [5.74, 6) is -0.208. The fourth-order valence-electron chi connectivity index (χ4n) is 2.63. The lowest BCUT2D eigenvalue weighted by Gasteiger charge is -2.14. The first kappa shape index (κ1) is 21.0. The van der Waals surface area contributed by atoms with E-state index >= 15 is 0 Å². The first-order chi connectivity index (χ1) is 13.7. The number of amides is 2. The predicted molar refractivity (Wildman–Crippen MR) is 98.6 cm³/mol. The molecule has 1 saturated heterocycles. The monoisotopic (exact) mass is 427 g/mol. The Balaban J connectivity index is 1.50. The average molecular weight is 427 g/mol. The van der Waals surface area contributed by atoms with Crippen molar-refractivity contribution in [2.75, 3.05) is 6.61 Å². The van der Waals surface area contributed by atoms with Crippen LogP contribution in [-0.2, 0) is 11.2 Å². The molecule has 0 aliphatic carbocycles. The normalized spacial score (nSPS) is 17.7. The van der Waals surface area contributed by atoms with Crippen LogP contribution in [0.4, 0.5) is 18.0 Å². The number of benzene rings is 2. The molecule has 2 aromatic carbocycles. The molecular weight excluding hydrogens is 411 g/mol. The Morgan fingerprint density at radius 1 is 1.03 bits per heavy atom. The summed E-state index contributed by atoms with van der Waals surface area (Å²) in [6.07, 6.45) is -5.41. The van der Waals surface area contributed by atoms with Crippen molar-refractivity contribution in [3.05, 3.63) is 59.7 Å². The molecule has 29 heavy (non-hydrogen) atoms. The molecule has 10 heteroatoms. The highest BCUT2D eigenvalue weighted by atomic mass is 32.2. The van der Waals surface area contributed by atoms with Gasteiger partial charge in [-0.3, -0.25) is 14.9 Å². The van der Waals surface area contributed by atoms with Crippen LogP contribution in [0.15, 0.2) is 48.5 Å². The maximum Gasteiger partial charge on any atom is 0.573 e. The fraction of sp³-hybridized carbons (Fsp3) is 0.263. The van der Waals surface area contributed by atoms with E-state index in [9.17, 15) is 27.9 Å². The number of halogens is 3. The standard InChI is InChI=1S/C19H16F3NO5S/c20-19(21,22)28-14-7-3-12(4-8-14)15(24)10-27-13-5-1-11(2-6-13)9-16-17(25)23-18(26)29-16/h1-8,15-16,24H,9-10H2,(H,23,25,26)/t15-,16?/m0/s1. The first-order valence-corrected chi connectivity index (χ1v) is 9.34. The smallest absolute Gasteiger partial charge is 0.491 e. The number of thioether (sulfide) groups is 1. The van der Waals surface area contributed by atoms with Crippen LogP contribution in [0.25, 0.3) is 0 Å². The van der Waals surface area contributed by atoms with Crippen LogP contribution in [-0.4, -0.2) is 34.5 Å². The topological polar surface area (TPSA) is 84.9 Å². The van der Waals surface area contributed by atoms with Crippen molar-refractivity contribution in [1.82, 2.24) is 5.32 Å². The number of imide groups is 1. The fourth-order valence-corrected chi connectivity index (χ4v) is 3.49. The SMILES string of the molecule is O=C1NC(=O)C(Cc2ccc(OC[C@H](O)c3ccc(OC(F)(F)F)cc3)cc2)S1. The number of nitrogens with one attached hydrogen (secondary N) is 1. The summed E-state index contributed by atoms with van der Waals surface area (Å²) in [6.45, 7) is -0.103. The lowest BCUT2D eigenvalue weighted by atomic mass is 10.1.